The highest BCUT2D eigenvalue weighted by Crippen LogP contribution is 2.25. The Labute approximate surface area is 174 Å². The van der Waals surface area contributed by atoms with E-state index in [1.54, 1.807) is 30.3 Å². The summed E-state index contributed by atoms with van der Waals surface area (Å²) in [6, 6.07) is 3.15. The zero-order chi connectivity index (χ0) is 18.7. The molecule has 0 aromatic carbocycles. The maximum absolute atomic E-state index is 12.6. The third-order valence-corrected chi connectivity index (χ3v) is 6.55. The molecule has 1 aliphatic heterocycles. The zero-order valence-corrected chi connectivity index (χ0v) is 18.4. The Morgan fingerprint density at radius 1 is 1.33 bits per heavy atom. The van der Waals surface area contributed by atoms with Crippen molar-refractivity contribution in [3.8, 4) is 0 Å². The van der Waals surface area contributed by atoms with Crippen LogP contribution in [0.25, 0.3) is 0 Å². The molecule has 0 radical (unpaired) electrons. The summed E-state index contributed by atoms with van der Waals surface area (Å²) in [5, 5.41) is 0. The average molecular weight is 441 g/mol. The molecule has 1 fully saturated rings. The van der Waals surface area contributed by atoms with Gasteiger partial charge in [0.05, 0.1) is 0 Å². The Kier molecular flexibility index (Phi) is 10.2. The number of aromatic nitrogens is 1. The summed E-state index contributed by atoms with van der Waals surface area (Å²) < 4.78 is 26.6. The van der Waals surface area contributed by atoms with Crippen LogP contribution in [0.5, 0.6) is 0 Å². The minimum absolute atomic E-state index is 0. The van der Waals surface area contributed by atoms with Crippen molar-refractivity contribution in [2.24, 2.45) is 17.1 Å². The van der Waals surface area contributed by atoms with Crippen LogP contribution in [0, 0.1) is 11.3 Å². The van der Waals surface area contributed by atoms with Gasteiger partial charge in [-0.1, -0.05) is 13.8 Å². The van der Waals surface area contributed by atoms with Crippen molar-refractivity contribution in [2.45, 2.75) is 31.6 Å². The topological polar surface area (TPSA) is 96.6 Å². The molecule has 7 nitrogen and oxygen atoms in total. The van der Waals surface area contributed by atoms with Crippen molar-refractivity contribution in [1.29, 1.82) is 0 Å². The van der Waals surface area contributed by atoms with Gasteiger partial charge in [0.1, 0.15) is 4.90 Å². The standard InChI is InChI=1S/C17H28N4O3S.2ClH/c1-17(2,12-18)13-20(3)16(22)14-6-9-21(10-7-14)25(23,24)15-5-4-8-19-11-15;;/h4-5,8,11,14H,6-7,9-10,12-13,18H2,1-3H3;2*1H. The van der Waals surface area contributed by atoms with Gasteiger partial charge in [-0.3, -0.25) is 9.78 Å². The van der Waals surface area contributed by atoms with E-state index < -0.39 is 10.0 Å². The first-order valence-electron chi connectivity index (χ1n) is 8.52. The van der Waals surface area contributed by atoms with Crippen LogP contribution in [0.2, 0.25) is 0 Å². The van der Waals surface area contributed by atoms with Gasteiger partial charge in [0, 0.05) is 45.0 Å². The van der Waals surface area contributed by atoms with E-state index in [0.717, 1.165) is 0 Å². The van der Waals surface area contributed by atoms with Gasteiger partial charge in [0.2, 0.25) is 15.9 Å². The second kappa shape index (κ2) is 10.6. The van der Waals surface area contributed by atoms with E-state index in [2.05, 4.69) is 4.98 Å². The molecule has 1 aromatic heterocycles. The van der Waals surface area contributed by atoms with Crippen molar-refractivity contribution in [3.05, 3.63) is 24.5 Å². The molecular formula is C17H30Cl2N4O3S. The van der Waals surface area contributed by atoms with Crippen LogP contribution in [0.15, 0.2) is 29.4 Å². The lowest BCUT2D eigenvalue weighted by atomic mass is 9.91. The molecule has 1 aromatic rings. The molecule has 0 saturated carbocycles. The molecule has 27 heavy (non-hydrogen) atoms. The molecule has 2 N–H and O–H groups in total. The van der Waals surface area contributed by atoms with Gasteiger partial charge >= 0.3 is 0 Å². The molecule has 156 valence electrons. The molecule has 0 spiro atoms. The predicted molar refractivity (Wildman–Crippen MR) is 111 cm³/mol. The molecule has 2 rings (SSSR count). The van der Waals surface area contributed by atoms with E-state index in [9.17, 15) is 13.2 Å². The lowest BCUT2D eigenvalue weighted by molar-refractivity contribution is -0.136. The molecular weight excluding hydrogens is 411 g/mol. The smallest absolute Gasteiger partial charge is 0.244 e. The van der Waals surface area contributed by atoms with Crippen LogP contribution >= 0.6 is 24.8 Å². The molecule has 1 amide bonds. The molecule has 2 heterocycles. The first kappa shape index (κ1) is 26.1. The molecule has 0 unspecified atom stereocenters. The van der Waals surface area contributed by atoms with Gasteiger partial charge < -0.3 is 10.6 Å². The summed E-state index contributed by atoms with van der Waals surface area (Å²) in [5.74, 6) is -0.0705. The number of carbonyl (C=O) groups is 1. The molecule has 0 atom stereocenters. The first-order valence-corrected chi connectivity index (χ1v) is 9.96. The lowest BCUT2D eigenvalue weighted by Crippen LogP contribution is -2.46. The van der Waals surface area contributed by atoms with Crippen LogP contribution in [0.3, 0.4) is 0 Å². The van der Waals surface area contributed by atoms with Crippen LogP contribution in [-0.2, 0) is 14.8 Å². The Bertz CT molecular complexity index is 693. The number of sulfonamides is 1. The van der Waals surface area contributed by atoms with Gasteiger partial charge in [-0.25, -0.2) is 8.42 Å². The van der Waals surface area contributed by atoms with Crippen LogP contribution in [-0.4, -0.2) is 61.7 Å². The fourth-order valence-electron chi connectivity index (χ4n) is 3.09. The van der Waals surface area contributed by atoms with Crippen molar-refractivity contribution in [1.82, 2.24) is 14.2 Å². The highest BCUT2D eigenvalue weighted by atomic mass is 35.5. The Morgan fingerprint density at radius 2 is 1.93 bits per heavy atom. The monoisotopic (exact) mass is 440 g/mol. The number of hydrogen-bond donors (Lipinski definition) is 1. The fourth-order valence-corrected chi connectivity index (χ4v) is 4.52. The molecule has 0 bridgehead atoms. The average Bonchev–Trinajstić information content (AvgIpc) is 2.61. The van der Waals surface area contributed by atoms with E-state index >= 15 is 0 Å². The van der Waals surface area contributed by atoms with E-state index in [-0.39, 0.29) is 46.9 Å². The van der Waals surface area contributed by atoms with Gasteiger partial charge in [-0.05, 0) is 36.9 Å². The largest absolute Gasteiger partial charge is 0.345 e. The van der Waals surface area contributed by atoms with E-state index in [1.807, 2.05) is 13.8 Å². The Balaban J connectivity index is 0.00000338. The first-order chi connectivity index (χ1) is 11.7. The summed E-state index contributed by atoms with van der Waals surface area (Å²) in [6.45, 7) is 5.85. The van der Waals surface area contributed by atoms with Gasteiger partial charge in [0.25, 0.3) is 0 Å². The number of nitrogens with zero attached hydrogens (tertiary/aromatic N) is 3. The van der Waals surface area contributed by atoms with Gasteiger partial charge in [-0.2, -0.15) is 4.31 Å². The quantitative estimate of drug-likeness (QED) is 0.726. The highest BCUT2D eigenvalue weighted by Gasteiger charge is 2.34. The summed E-state index contributed by atoms with van der Waals surface area (Å²) in [4.78, 5) is 18.4. The molecule has 1 saturated heterocycles. The maximum Gasteiger partial charge on any atom is 0.244 e. The van der Waals surface area contributed by atoms with Crippen LogP contribution in [0.1, 0.15) is 26.7 Å². The van der Waals surface area contributed by atoms with Crippen molar-refractivity contribution in [2.75, 3.05) is 33.2 Å². The van der Waals surface area contributed by atoms with E-state index in [1.165, 1.54) is 10.5 Å². The molecule has 1 aliphatic rings. The maximum atomic E-state index is 12.6. The predicted octanol–water partition coefficient (Wildman–Crippen LogP) is 1.77. The normalized spacial score (nSPS) is 16.1. The minimum Gasteiger partial charge on any atom is -0.345 e. The summed E-state index contributed by atoms with van der Waals surface area (Å²) in [7, 11) is -1.74. The molecule has 0 aliphatic carbocycles. The zero-order valence-electron chi connectivity index (χ0n) is 16.0. The number of carbonyl (C=O) groups excluding carboxylic acids is 1. The summed E-state index contributed by atoms with van der Waals surface area (Å²) in [5.41, 5.74) is 5.61. The van der Waals surface area contributed by atoms with Crippen LogP contribution < -0.4 is 5.73 Å². The van der Waals surface area contributed by atoms with Gasteiger partial charge in [0.15, 0.2) is 0 Å². The number of hydrogen-bond acceptors (Lipinski definition) is 5. The number of rotatable bonds is 6. The lowest BCUT2D eigenvalue weighted by Gasteiger charge is -2.35. The van der Waals surface area contributed by atoms with Gasteiger partial charge in [-0.15, -0.1) is 24.8 Å². The number of pyridine rings is 1. The summed E-state index contributed by atoms with van der Waals surface area (Å²) >= 11 is 0. The van der Waals surface area contributed by atoms with Crippen molar-refractivity contribution < 1.29 is 13.2 Å². The number of nitrogens with two attached hydrogens (primary N) is 1. The number of halogens is 2. The van der Waals surface area contributed by atoms with Crippen molar-refractivity contribution >= 4 is 40.7 Å². The summed E-state index contributed by atoms with van der Waals surface area (Å²) in [6.07, 6.45) is 3.97. The Morgan fingerprint density at radius 3 is 2.41 bits per heavy atom. The number of piperidine rings is 1. The third kappa shape index (κ3) is 6.57. The second-order valence-corrected chi connectivity index (χ2v) is 9.37. The third-order valence-electron chi connectivity index (χ3n) is 4.67. The van der Waals surface area contributed by atoms with Crippen molar-refractivity contribution in [3.63, 3.8) is 0 Å². The van der Waals surface area contributed by atoms with Crippen LogP contribution in [0.4, 0.5) is 0 Å². The highest BCUT2D eigenvalue weighted by molar-refractivity contribution is 7.89. The Hall–Kier alpha value is -0.930. The fraction of sp³-hybridized carbons (Fsp3) is 0.647. The van der Waals surface area contributed by atoms with E-state index in [4.69, 9.17) is 5.73 Å². The van der Waals surface area contributed by atoms with E-state index in [0.29, 0.717) is 39.0 Å². The SMILES string of the molecule is CN(CC(C)(C)CN)C(=O)C1CCN(S(=O)(=O)c2cccnc2)CC1.Cl.Cl. The second-order valence-electron chi connectivity index (χ2n) is 7.43. The molecule has 10 heteroatoms. The minimum atomic E-state index is -3.53. The number of amides is 1.